The number of piperazine rings is 1. The molecule has 0 spiro atoms. The molecule has 2 aromatic carbocycles. The van der Waals surface area contributed by atoms with Crippen LogP contribution < -0.4 is 14.5 Å². The van der Waals surface area contributed by atoms with Crippen molar-refractivity contribution in [1.29, 1.82) is 0 Å². The van der Waals surface area contributed by atoms with Gasteiger partial charge in [0, 0.05) is 50.5 Å². The van der Waals surface area contributed by atoms with Gasteiger partial charge in [-0.2, -0.15) is 0 Å². The summed E-state index contributed by atoms with van der Waals surface area (Å²) in [7, 11) is 1.58. The van der Waals surface area contributed by atoms with Gasteiger partial charge in [0.15, 0.2) is 0 Å². The van der Waals surface area contributed by atoms with E-state index >= 15 is 0 Å². The number of hydrogen-bond acceptors (Lipinski definition) is 4. The normalized spacial score (nSPS) is 14.0. The number of carbonyl (C=O) groups excluding carboxylic acids is 2. The van der Waals surface area contributed by atoms with E-state index in [9.17, 15) is 9.59 Å². The molecule has 0 radical (unpaired) electrons. The molecule has 2 aromatic rings. The van der Waals surface area contributed by atoms with Crippen LogP contribution in [0.2, 0.25) is 0 Å². The number of ether oxygens (including phenoxy) is 1. The zero-order valence-electron chi connectivity index (χ0n) is 16.7. The maximum atomic E-state index is 12.8. The minimum Gasteiger partial charge on any atom is -0.497 e. The molecular weight excluding hydrogens is 354 g/mol. The largest absolute Gasteiger partial charge is 0.497 e. The van der Waals surface area contributed by atoms with Gasteiger partial charge in [-0.3, -0.25) is 9.59 Å². The lowest BCUT2D eigenvalue weighted by molar-refractivity contribution is -0.131. The Morgan fingerprint density at radius 1 is 1.04 bits per heavy atom. The van der Waals surface area contributed by atoms with Crippen LogP contribution in [-0.2, 0) is 9.59 Å². The highest BCUT2D eigenvalue weighted by atomic mass is 16.5. The topological polar surface area (TPSA) is 53.1 Å². The number of nitrogens with zero attached hydrogens (tertiary/aromatic N) is 3. The Kier molecular flexibility index (Phi) is 6.19. The van der Waals surface area contributed by atoms with Crippen LogP contribution in [0.5, 0.6) is 5.75 Å². The maximum absolute atomic E-state index is 12.8. The summed E-state index contributed by atoms with van der Waals surface area (Å²) in [6.45, 7) is 6.46. The number of amides is 2. The molecule has 1 fully saturated rings. The lowest BCUT2D eigenvalue weighted by Crippen LogP contribution is -2.51. The number of rotatable bonds is 5. The average Bonchev–Trinajstić information content (AvgIpc) is 2.71. The van der Waals surface area contributed by atoms with Gasteiger partial charge in [-0.05, 0) is 36.8 Å². The van der Waals surface area contributed by atoms with Gasteiger partial charge in [0.1, 0.15) is 12.3 Å². The van der Waals surface area contributed by atoms with Crippen molar-refractivity contribution >= 4 is 23.2 Å². The van der Waals surface area contributed by atoms with Gasteiger partial charge >= 0.3 is 0 Å². The van der Waals surface area contributed by atoms with Crippen molar-refractivity contribution in [3.63, 3.8) is 0 Å². The predicted molar refractivity (Wildman–Crippen MR) is 111 cm³/mol. The van der Waals surface area contributed by atoms with Crippen LogP contribution in [0, 0.1) is 6.92 Å². The van der Waals surface area contributed by atoms with E-state index in [0.717, 1.165) is 13.1 Å². The highest BCUT2D eigenvalue weighted by Crippen LogP contribution is 2.22. The lowest BCUT2D eigenvalue weighted by atomic mass is 10.2. The van der Waals surface area contributed by atoms with E-state index in [1.165, 1.54) is 23.1 Å². The fourth-order valence-electron chi connectivity index (χ4n) is 3.44. The Hall–Kier alpha value is -3.02. The molecule has 1 aliphatic rings. The third-order valence-electron chi connectivity index (χ3n) is 5.04. The van der Waals surface area contributed by atoms with Crippen molar-refractivity contribution in [2.45, 2.75) is 13.8 Å². The third-order valence-corrected chi connectivity index (χ3v) is 5.04. The average molecular weight is 381 g/mol. The van der Waals surface area contributed by atoms with Crippen molar-refractivity contribution in [2.24, 2.45) is 0 Å². The second kappa shape index (κ2) is 8.78. The molecule has 0 atom stereocenters. The van der Waals surface area contributed by atoms with E-state index in [0.29, 0.717) is 24.5 Å². The molecule has 6 heteroatoms. The molecule has 0 saturated carbocycles. The first kappa shape index (κ1) is 19.7. The summed E-state index contributed by atoms with van der Waals surface area (Å²) in [4.78, 5) is 30.6. The Morgan fingerprint density at radius 3 is 2.39 bits per heavy atom. The molecule has 3 rings (SSSR count). The molecule has 0 aliphatic carbocycles. The SMILES string of the molecule is COc1cccc(N(CC(=O)N2CCN(c3cccc(C)c3)CC2)C(C)=O)c1. The fraction of sp³-hybridized carbons (Fsp3) is 0.364. The highest BCUT2D eigenvalue weighted by Gasteiger charge is 2.24. The van der Waals surface area contributed by atoms with E-state index in [1.807, 2.05) is 23.1 Å². The van der Waals surface area contributed by atoms with Gasteiger partial charge in [-0.1, -0.05) is 18.2 Å². The lowest BCUT2D eigenvalue weighted by Gasteiger charge is -2.37. The number of anilines is 2. The van der Waals surface area contributed by atoms with E-state index in [4.69, 9.17) is 4.74 Å². The Balaban J connectivity index is 1.63. The maximum Gasteiger partial charge on any atom is 0.242 e. The number of methoxy groups -OCH3 is 1. The first-order valence-corrected chi connectivity index (χ1v) is 9.49. The Labute approximate surface area is 166 Å². The molecule has 0 aromatic heterocycles. The van der Waals surface area contributed by atoms with Crippen molar-refractivity contribution in [3.05, 3.63) is 54.1 Å². The number of hydrogen-bond donors (Lipinski definition) is 0. The Morgan fingerprint density at radius 2 is 1.75 bits per heavy atom. The molecule has 6 nitrogen and oxygen atoms in total. The molecule has 28 heavy (non-hydrogen) atoms. The van der Waals surface area contributed by atoms with Crippen molar-refractivity contribution in [3.8, 4) is 5.75 Å². The van der Waals surface area contributed by atoms with E-state index in [-0.39, 0.29) is 18.4 Å². The second-order valence-corrected chi connectivity index (χ2v) is 7.01. The minimum atomic E-state index is -0.167. The monoisotopic (exact) mass is 381 g/mol. The summed E-state index contributed by atoms with van der Waals surface area (Å²) in [5.74, 6) is 0.449. The molecule has 1 saturated heterocycles. The van der Waals surface area contributed by atoms with Crippen LogP contribution in [0.25, 0.3) is 0 Å². The summed E-state index contributed by atoms with van der Waals surface area (Å²) in [5, 5.41) is 0. The smallest absolute Gasteiger partial charge is 0.242 e. The summed E-state index contributed by atoms with van der Waals surface area (Å²) < 4.78 is 5.23. The van der Waals surface area contributed by atoms with Crippen LogP contribution in [-0.4, -0.2) is 56.5 Å². The molecular formula is C22H27N3O3. The first-order valence-electron chi connectivity index (χ1n) is 9.49. The fourth-order valence-corrected chi connectivity index (χ4v) is 3.44. The van der Waals surface area contributed by atoms with Gasteiger partial charge in [-0.15, -0.1) is 0 Å². The van der Waals surface area contributed by atoms with Crippen LogP contribution in [0.3, 0.4) is 0 Å². The molecule has 2 amide bonds. The molecule has 0 N–H and O–H groups in total. The highest BCUT2D eigenvalue weighted by molar-refractivity contribution is 5.97. The molecule has 1 aliphatic heterocycles. The van der Waals surface area contributed by atoms with Crippen molar-refractivity contribution in [2.75, 3.05) is 49.6 Å². The van der Waals surface area contributed by atoms with Crippen LogP contribution >= 0.6 is 0 Å². The van der Waals surface area contributed by atoms with Gasteiger partial charge in [0.25, 0.3) is 0 Å². The third kappa shape index (κ3) is 4.63. The molecule has 148 valence electrons. The molecule has 0 bridgehead atoms. The number of aryl methyl sites for hydroxylation is 1. The molecule has 0 unspecified atom stereocenters. The summed E-state index contributed by atoms with van der Waals surface area (Å²) in [6, 6.07) is 15.6. The zero-order valence-corrected chi connectivity index (χ0v) is 16.7. The Bertz CT molecular complexity index is 844. The molecule has 1 heterocycles. The number of carbonyl (C=O) groups is 2. The first-order chi connectivity index (χ1) is 13.5. The van der Waals surface area contributed by atoms with E-state index in [1.54, 1.807) is 13.2 Å². The quantitative estimate of drug-likeness (QED) is 0.799. The van der Waals surface area contributed by atoms with Crippen LogP contribution in [0.1, 0.15) is 12.5 Å². The van der Waals surface area contributed by atoms with E-state index in [2.05, 4.69) is 36.1 Å². The number of benzene rings is 2. The van der Waals surface area contributed by atoms with Crippen molar-refractivity contribution < 1.29 is 14.3 Å². The van der Waals surface area contributed by atoms with Crippen LogP contribution in [0.4, 0.5) is 11.4 Å². The standard InChI is InChI=1S/C22H27N3O3/c1-17-6-4-7-19(14-17)23-10-12-24(13-11-23)22(27)16-25(18(2)26)20-8-5-9-21(15-20)28-3/h4-9,14-15H,10-13,16H2,1-3H3. The van der Waals surface area contributed by atoms with Crippen LogP contribution in [0.15, 0.2) is 48.5 Å². The summed E-state index contributed by atoms with van der Waals surface area (Å²) in [6.07, 6.45) is 0. The second-order valence-electron chi connectivity index (χ2n) is 7.01. The van der Waals surface area contributed by atoms with Crippen molar-refractivity contribution in [1.82, 2.24) is 4.90 Å². The summed E-state index contributed by atoms with van der Waals surface area (Å²) >= 11 is 0. The predicted octanol–water partition coefficient (Wildman–Crippen LogP) is 2.71. The minimum absolute atomic E-state index is 0.0347. The van der Waals surface area contributed by atoms with Gasteiger partial charge in [0.2, 0.25) is 11.8 Å². The van der Waals surface area contributed by atoms with Gasteiger partial charge in [0.05, 0.1) is 7.11 Å². The zero-order chi connectivity index (χ0) is 20.1. The van der Waals surface area contributed by atoms with E-state index < -0.39 is 0 Å². The van der Waals surface area contributed by atoms with Gasteiger partial charge < -0.3 is 19.4 Å². The summed E-state index contributed by atoms with van der Waals surface area (Å²) in [5.41, 5.74) is 3.08. The van der Waals surface area contributed by atoms with Gasteiger partial charge in [-0.25, -0.2) is 0 Å².